The Morgan fingerprint density at radius 2 is 1.89 bits per heavy atom. The predicted molar refractivity (Wildman–Crippen MR) is 112 cm³/mol. The standard InChI is InChI=1S/C20H27N3O3S2/c1-16-10-13-27-18(16)15-22(2)20(24)21-14-17-8-4-5-9-19(17)28(25,26)23-11-6-3-7-12-23/h4-5,8-10,13H,3,6-7,11-12,14-15H2,1-2H3,(H,21,24). The number of hydrogen-bond acceptors (Lipinski definition) is 4. The summed E-state index contributed by atoms with van der Waals surface area (Å²) in [6.07, 6.45) is 2.86. The van der Waals surface area contributed by atoms with Gasteiger partial charge in [0.05, 0.1) is 11.4 Å². The number of piperidine rings is 1. The van der Waals surface area contributed by atoms with E-state index < -0.39 is 10.0 Å². The Morgan fingerprint density at radius 1 is 1.18 bits per heavy atom. The first kappa shape index (κ1) is 20.8. The Labute approximate surface area is 171 Å². The van der Waals surface area contributed by atoms with Crippen molar-refractivity contribution in [2.75, 3.05) is 20.1 Å². The fourth-order valence-corrected chi connectivity index (χ4v) is 6.00. The van der Waals surface area contributed by atoms with Gasteiger partial charge in [0.25, 0.3) is 0 Å². The number of thiophene rings is 1. The van der Waals surface area contributed by atoms with Crippen LogP contribution in [0.5, 0.6) is 0 Å². The van der Waals surface area contributed by atoms with Crippen molar-refractivity contribution in [2.24, 2.45) is 0 Å². The lowest BCUT2D eigenvalue weighted by molar-refractivity contribution is 0.206. The minimum Gasteiger partial charge on any atom is -0.334 e. The molecule has 0 radical (unpaired) electrons. The van der Waals surface area contributed by atoms with E-state index >= 15 is 0 Å². The van der Waals surface area contributed by atoms with Crippen LogP contribution in [-0.4, -0.2) is 43.8 Å². The number of carbonyl (C=O) groups is 1. The lowest BCUT2D eigenvalue weighted by Crippen LogP contribution is -2.38. The van der Waals surface area contributed by atoms with Gasteiger partial charge < -0.3 is 10.2 Å². The summed E-state index contributed by atoms with van der Waals surface area (Å²) in [7, 11) is -1.80. The molecule has 0 saturated carbocycles. The molecule has 0 unspecified atom stereocenters. The summed E-state index contributed by atoms with van der Waals surface area (Å²) in [4.78, 5) is 15.5. The van der Waals surface area contributed by atoms with E-state index in [2.05, 4.69) is 5.32 Å². The highest BCUT2D eigenvalue weighted by molar-refractivity contribution is 7.89. The molecular formula is C20H27N3O3S2. The van der Waals surface area contributed by atoms with E-state index in [1.54, 1.807) is 51.9 Å². The van der Waals surface area contributed by atoms with Gasteiger partial charge in [-0.2, -0.15) is 4.31 Å². The third-order valence-electron chi connectivity index (χ3n) is 5.03. The van der Waals surface area contributed by atoms with Crippen molar-refractivity contribution in [1.82, 2.24) is 14.5 Å². The molecule has 6 nitrogen and oxygen atoms in total. The molecule has 1 aromatic heterocycles. The van der Waals surface area contributed by atoms with Crippen molar-refractivity contribution in [3.05, 3.63) is 51.7 Å². The van der Waals surface area contributed by atoms with Crippen LogP contribution in [-0.2, 0) is 23.1 Å². The molecule has 1 aromatic carbocycles. The largest absolute Gasteiger partial charge is 0.334 e. The van der Waals surface area contributed by atoms with Crippen LogP contribution in [0.4, 0.5) is 4.79 Å². The van der Waals surface area contributed by atoms with Gasteiger partial charge in [0.15, 0.2) is 0 Å². The minimum atomic E-state index is -3.54. The Kier molecular flexibility index (Phi) is 6.74. The van der Waals surface area contributed by atoms with Gasteiger partial charge in [-0.15, -0.1) is 11.3 Å². The molecule has 1 N–H and O–H groups in total. The number of hydrogen-bond donors (Lipinski definition) is 1. The van der Waals surface area contributed by atoms with Gasteiger partial charge >= 0.3 is 6.03 Å². The maximum absolute atomic E-state index is 13.0. The van der Waals surface area contributed by atoms with Gasteiger partial charge in [-0.1, -0.05) is 24.6 Å². The molecule has 2 aromatic rings. The van der Waals surface area contributed by atoms with Crippen molar-refractivity contribution >= 4 is 27.4 Å². The van der Waals surface area contributed by atoms with Crippen molar-refractivity contribution in [1.29, 1.82) is 0 Å². The summed E-state index contributed by atoms with van der Waals surface area (Å²) in [5.41, 5.74) is 1.78. The molecule has 2 amide bonds. The van der Waals surface area contributed by atoms with Crippen molar-refractivity contribution < 1.29 is 13.2 Å². The Bertz CT molecular complexity index is 918. The quantitative estimate of drug-likeness (QED) is 0.775. The highest BCUT2D eigenvalue weighted by Crippen LogP contribution is 2.23. The van der Waals surface area contributed by atoms with Gasteiger partial charge in [0.1, 0.15) is 0 Å². The first-order valence-electron chi connectivity index (χ1n) is 9.49. The number of urea groups is 1. The SMILES string of the molecule is Cc1ccsc1CN(C)C(=O)NCc1ccccc1S(=O)(=O)N1CCCCC1. The highest BCUT2D eigenvalue weighted by atomic mass is 32.2. The molecule has 0 aliphatic carbocycles. The molecule has 2 heterocycles. The van der Waals surface area contributed by atoms with Crippen LogP contribution in [0.3, 0.4) is 0 Å². The van der Waals surface area contributed by atoms with Crippen LogP contribution in [0.15, 0.2) is 40.6 Å². The molecule has 8 heteroatoms. The van der Waals surface area contributed by atoms with E-state index in [0.717, 1.165) is 24.1 Å². The van der Waals surface area contributed by atoms with Crippen LogP contribution in [0.1, 0.15) is 35.3 Å². The van der Waals surface area contributed by atoms with Gasteiger partial charge in [0.2, 0.25) is 10.0 Å². The molecule has 152 valence electrons. The molecule has 0 spiro atoms. The lowest BCUT2D eigenvalue weighted by Gasteiger charge is -2.27. The lowest BCUT2D eigenvalue weighted by atomic mass is 10.2. The third kappa shape index (κ3) is 4.74. The Balaban J connectivity index is 1.68. The molecule has 0 atom stereocenters. The maximum Gasteiger partial charge on any atom is 0.317 e. The van der Waals surface area contributed by atoms with E-state index in [1.807, 2.05) is 18.4 Å². The first-order valence-corrected chi connectivity index (χ1v) is 11.8. The molecule has 0 bridgehead atoms. The zero-order chi connectivity index (χ0) is 20.1. The van der Waals surface area contributed by atoms with Crippen LogP contribution in [0.2, 0.25) is 0 Å². The number of benzene rings is 1. The van der Waals surface area contributed by atoms with Gasteiger partial charge in [0, 0.05) is 31.6 Å². The normalized spacial score (nSPS) is 15.4. The van der Waals surface area contributed by atoms with Crippen molar-refractivity contribution in [3.8, 4) is 0 Å². The smallest absolute Gasteiger partial charge is 0.317 e. The summed E-state index contributed by atoms with van der Waals surface area (Å²) in [5, 5.41) is 4.87. The van der Waals surface area contributed by atoms with Crippen LogP contribution in [0.25, 0.3) is 0 Å². The summed E-state index contributed by atoms with van der Waals surface area (Å²) in [6, 6.07) is 8.74. The van der Waals surface area contributed by atoms with E-state index in [9.17, 15) is 13.2 Å². The third-order valence-corrected chi connectivity index (χ3v) is 8.04. The molecular weight excluding hydrogens is 394 g/mol. The summed E-state index contributed by atoms with van der Waals surface area (Å²) in [5.74, 6) is 0. The Hall–Kier alpha value is -1.90. The summed E-state index contributed by atoms with van der Waals surface area (Å²) < 4.78 is 27.6. The van der Waals surface area contributed by atoms with E-state index in [-0.39, 0.29) is 17.5 Å². The summed E-state index contributed by atoms with van der Waals surface area (Å²) in [6.45, 7) is 3.86. The van der Waals surface area contributed by atoms with E-state index in [1.165, 1.54) is 5.56 Å². The topological polar surface area (TPSA) is 69.7 Å². The fraction of sp³-hybridized carbons (Fsp3) is 0.450. The zero-order valence-electron chi connectivity index (χ0n) is 16.3. The number of sulfonamides is 1. The van der Waals surface area contributed by atoms with Crippen LogP contribution >= 0.6 is 11.3 Å². The molecule has 1 aliphatic heterocycles. The predicted octanol–water partition coefficient (Wildman–Crippen LogP) is 3.57. The second-order valence-corrected chi connectivity index (χ2v) is 10.0. The minimum absolute atomic E-state index is 0.176. The molecule has 3 rings (SSSR count). The second-order valence-electron chi connectivity index (χ2n) is 7.11. The Morgan fingerprint density at radius 3 is 2.57 bits per heavy atom. The van der Waals surface area contributed by atoms with E-state index in [0.29, 0.717) is 25.2 Å². The number of amides is 2. The number of carbonyl (C=O) groups excluding carboxylic acids is 1. The molecule has 28 heavy (non-hydrogen) atoms. The number of rotatable bonds is 6. The molecule has 1 saturated heterocycles. The number of nitrogens with one attached hydrogen (secondary N) is 1. The van der Waals surface area contributed by atoms with Crippen molar-refractivity contribution in [3.63, 3.8) is 0 Å². The van der Waals surface area contributed by atoms with Crippen molar-refractivity contribution in [2.45, 2.75) is 44.2 Å². The molecule has 1 fully saturated rings. The van der Waals surface area contributed by atoms with Gasteiger partial charge in [-0.25, -0.2) is 13.2 Å². The van der Waals surface area contributed by atoms with Gasteiger partial charge in [-0.05, 0) is 48.4 Å². The van der Waals surface area contributed by atoms with E-state index in [4.69, 9.17) is 0 Å². The fourth-order valence-electron chi connectivity index (χ4n) is 3.30. The number of nitrogens with zero attached hydrogens (tertiary/aromatic N) is 2. The van der Waals surface area contributed by atoms with Crippen LogP contribution in [0, 0.1) is 6.92 Å². The average Bonchev–Trinajstić information content (AvgIpc) is 3.11. The monoisotopic (exact) mass is 421 g/mol. The first-order chi connectivity index (χ1) is 13.4. The van der Waals surface area contributed by atoms with Gasteiger partial charge in [-0.3, -0.25) is 0 Å². The molecule has 1 aliphatic rings. The highest BCUT2D eigenvalue weighted by Gasteiger charge is 2.28. The number of aryl methyl sites for hydroxylation is 1. The summed E-state index contributed by atoms with van der Waals surface area (Å²) >= 11 is 1.62. The second kappa shape index (κ2) is 9.07. The zero-order valence-corrected chi connectivity index (χ0v) is 18.0. The average molecular weight is 422 g/mol. The maximum atomic E-state index is 13.0. The van der Waals surface area contributed by atoms with Crippen LogP contribution < -0.4 is 5.32 Å².